The number of hydrogen-bond acceptors (Lipinski definition) is 9. The third kappa shape index (κ3) is 11.0. The van der Waals surface area contributed by atoms with Gasteiger partial charge in [0.25, 0.3) is 0 Å². The summed E-state index contributed by atoms with van der Waals surface area (Å²) in [5.74, 6) is -0.301. The molecule has 6 rings (SSSR count). The summed E-state index contributed by atoms with van der Waals surface area (Å²) in [5.41, 5.74) is 3.45. The van der Waals surface area contributed by atoms with Gasteiger partial charge >= 0.3 is 6.09 Å². The first kappa shape index (κ1) is 41.1. The number of likely N-dealkylation sites (tertiary alicyclic amines) is 1. The number of ether oxygens (including phenoxy) is 1. The average Bonchev–Trinajstić information content (AvgIpc) is 3.85. The van der Waals surface area contributed by atoms with Crippen molar-refractivity contribution in [2.24, 2.45) is 0 Å². The number of amides is 3. The maximum absolute atomic E-state index is 12.8. The number of nitrogens with one attached hydrogen (secondary N) is 3. The van der Waals surface area contributed by atoms with Crippen LogP contribution in [0.5, 0.6) is 0 Å². The lowest BCUT2D eigenvalue weighted by Gasteiger charge is -2.28. The van der Waals surface area contributed by atoms with E-state index in [0.29, 0.717) is 40.4 Å². The Morgan fingerprint density at radius 3 is 1.58 bits per heavy atom. The Bertz CT molecular complexity index is 2230. The minimum atomic E-state index is -3.37. The minimum absolute atomic E-state index is 0.0308. The fraction of sp³-hybridized carbons (Fsp3) is 0.341. The smallest absolute Gasteiger partial charge is 0.410 e. The van der Waals surface area contributed by atoms with Crippen molar-refractivity contribution in [3.05, 3.63) is 97.1 Å². The van der Waals surface area contributed by atoms with Crippen LogP contribution < -0.4 is 16.0 Å². The van der Waals surface area contributed by atoms with Gasteiger partial charge in [0.05, 0.1) is 15.8 Å². The molecule has 4 aromatic carbocycles. The van der Waals surface area contributed by atoms with Gasteiger partial charge in [0.1, 0.15) is 11.6 Å². The van der Waals surface area contributed by atoms with E-state index in [0.717, 1.165) is 36.9 Å². The summed E-state index contributed by atoms with van der Waals surface area (Å²) in [5, 5.41) is 8.90. The van der Waals surface area contributed by atoms with Gasteiger partial charge in [-0.2, -0.15) is 0 Å². The van der Waals surface area contributed by atoms with Gasteiger partial charge in [0.2, 0.25) is 11.8 Å². The Morgan fingerprint density at radius 2 is 1.15 bits per heavy atom. The van der Waals surface area contributed by atoms with E-state index in [1.54, 1.807) is 99.6 Å². The molecule has 0 aromatic heterocycles. The van der Waals surface area contributed by atoms with Crippen molar-refractivity contribution in [2.75, 3.05) is 36.2 Å². The zero-order valence-electron chi connectivity index (χ0n) is 31.7. The topological polar surface area (TPSA) is 168 Å². The molecular weight excluding hydrogens is 741 g/mol. The van der Waals surface area contributed by atoms with Crippen LogP contribution in [0.3, 0.4) is 0 Å². The summed E-state index contributed by atoms with van der Waals surface area (Å²) in [6, 6.07) is 27.2. The van der Waals surface area contributed by atoms with E-state index >= 15 is 0 Å². The highest BCUT2D eigenvalue weighted by Gasteiger charge is 2.36. The monoisotopic (exact) mass is 788 g/mol. The maximum Gasteiger partial charge on any atom is 0.410 e. The fourth-order valence-electron chi connectivity index (χ4n) is 6.46. The maximum atomic E-state index is 12.8. The molecule has 2 saturated heterocycles. The second-order valence-electron chi connectivity index (χ2n) is 14.7. The molecule has 0 aliphatic carbocycles. The molecule has 0 saturated carbocycles. The van der Waals surface area contributed by atoms with Crippen molar-refractivity contribution < 1.29 is 36.0 Å². The molecule has 4 aromatic rings. The largest absolute Gasteiger partial charge is 0.444 e. The molecule has 0 spiro atoms. The molecule has 2 aliphatic rings. The Labute approximate surface area is 323 Å². The number of carbonyl (C=O) groups excluding carboxylic acids is 3. The van der Waals surface area contributed by atoms with Gasteiger partial charge in [-0.15, -0.1) is 0 Å². The van der Waals surface area contributed by atoms with E-state index in [1.165, 1.54) is 17.4 Å². The van der Waals surface area contributed by atoms with Gasteiger partial charge in [-0.25, -0.2) is 21.6 Å². The van der Waals surface area contributed by atoms with Gasteiger partial charge in [-0.05, 0) is 101 Å². The highest BCUT2D eigenvalue weighted by atomic mass is 32.2. The number of rotatable bonds is 8. The van der Waals surface area contributed by atoms with Crippen LogP contribution in [0.4, 0.5) is 16.2 Å². The van der Waals surface area contributed by atoms with Gasteiger partial charge in [-0.3, -0.25) is 14.5 Å². The molecule has 2 fully saturated rings. The van der Waals surface area contributed by atoms with Gasteiger partial charge < -0.3 is 20.7 Å². The Hall–Kier alpha value is -5.05. The van der Waals surface area contributed by atoms with Gasteiger partial charge in [0.15, 0.2) is 19.7 Å². The van der Waals surface area contributed by atoms with Crippen LogP contribution in [-0.2, 0) is 34.0 Å². The predicted octanol–water partition coefficient (Wildman–Crippen LogP) is 6.54. The lowest BCUT2D eigenvalue weighted by Crippen LogP contribution is -2.45. The number of benzene rings is 4. The van der Waals surface area contributed by atoms with E-state index < -0.39 is 37.4 Å². The van der Waals surface area contributed by atoms with Crippen molar-refractivity contribution in [2.45, 2.75) is 73.9 Å². The predicted molar refractivity (Wildman–Crippen MR) is 214 cm³/mol. The standard InChI is InChI=1S/C23H28N2O5S.C18H20N2O3S/c1-23(2,3)30-22(27)25-15-7-9-19(25)21(26)24-17-13-11-16(12-14-17)18-8-5-6-10-20(18)31(4,28)29;1-24(22,23)17-7-3-2-5-15(17)13-8-10-14(11-9-13)20-18(21)16-6-4-12-19-16/h5-6,8,10-14,19H,7,9,15H2,1-4H3,(H,24,26);2-3,5,7-11,16,19H,4,6,12H2,1H3,(H,20,21). The van der Waals surface area contributed by atoms with Crippen LogP contribution in [0.2, 0.25) is 0 Å². The molecule has 14 heteroatoms. The van der Waals surface area contributed by atoms with Crippen LogP contribution in [0, 0.1) is 0 Å². The normalized spacial score (nSPS) is 17.1. The first-order valence-electron chi connectivity index (χ1n) is 18.0. The third-order valence-corrected chi connectivity index (χ3v) is 11.4. The van der Waals surface area contributed by atoms with Crippen LogP contribution in [0.25, 0.3) is 22.3 Å². The van der Waals surface area contributed by atoms with E-state index in [9.17, 15) is 31.2 Å². The van der Waals surface area contributed by atoms with Crippen LogP contribution in [-0.4, -0.2) is 82.9 Å². The molecule has 12 nitrogen and oxygen atoms in total. The number of carbonyl (C=O) groups is 3. The SMILES string of the molecule is CC(C)(C)OC(=O)N1CCCC1C(=O)Nc1ccc(-c2ccccc2S(C)(=O)=O)cc1.CS(=O)(=O)c1ccccc1-c1ccc(NC(=O)C2CCCN2)cc1. The number of nitrogens with zero attached hydrogens (tertiary/aromatic N) is 1. The molecule has 2 aliphatic heterocycles. The number of anilines is 2. The first-order chi connectivity index (χ1) is 25.9. The number of hydrogen-bond donors (Lipinski definition) is 3. The van der Waals surface area contributed by atoms with E-state index in [1.807, 2.05) is 18.2 Å². The summed E-state index contributed by atoms with van der Waals surface area (Å²) in [4.78, 5) is 39.3. The molecule has 2 heterocycles. The summed E-state index contributed by atoms with van der Waals surface area (Å²) >= 11 is 0. The van der Waals surface area contributed by atoms with E-state index in [2.05, 4.69) is 16.0 Å². The summed E-state index contributed by atoms with van der Waals surface area (Å²) in [7, 11) is -6.67. The molecule has 55 heavy (non-hydrogen) atoms. The summed E-state index contributed by atoms with van der Waals surface area (Å²) in [6.45, 7) is 6.73. The average molecular weight is 789 g/mol. The summed E-state index contributed by atoms with van der Waals surface area (Å²) < 4.78 is 53.4. The lowest BCUT2D eigenvalue weighted by molar-refractivity contribution is -0.120. The first-order valence-corrected chi connectivity index (χ1v) is 21.8. The van der Waals surface area contributed by atoms with Crippen LogP contribution in [0.1, 0.15) is 46.5 Å². The Kier molecular flexibility index (Phi) is 12.8. The van der Waals surface area contributed by atoms with Gasteiger partial charge in [-0.1, -0.05) is 60.7 Å². The van der Waals surface area contributed by atoms with Gasteiger partial charge in [0, 0.05) is 41.6 Å². The lowest BCUT2D eigenvalue weighted by atomic mass is 10.1. The van der Waals surface area contributed by atoms with Crippen molar-refractivity contribution in [1.29, 1.82) is 0 Å². The molecule has 2 atom stereocenters. The van der Waals surface area contributed by atoms with E-state index in [-0.39, 0.29) is 22.8 Å². The highest BCUT2D eigenvalue weighted by Crippen LogP contribution is 2.30. The Morgan fingerprint density at radius 1 is 0.673 bits per heavy atom. The molecule has 3 N–H and O–H groups in total. The Balaban J connectivity index is 0.000000218. The second-order valence-corrected chi connectivity index (χ2v) is 18.6. The summed E-state index contributed by atoms with van der Waals surface area (Å²) in [6.07, 6.45) is 5.07. The molecule has 0 radical (unpaired) electrons. The molecule has 0 bridgehead atoms. The van der Waals surface area contributed by atoms with Crippen molar-refractivity contribution in [3.63, 3.8) is 0 Å². The fourth-order valence-corrected chi connectivity index (χ4v) is 8.29. The van der Waals surface area contributed by atoms with Crippen molar-refractivity contribution in [3.8, 4) is 22.3 Å². The zero-order chi connectivity index (χ0) is 40.0. The minimum Gasteiger partial charge on any atom is -0.444 e. The van der Waals surface area contributed by atoms with Crippen molar-refractivity contribution >= 4 is 49.0 Å². The third-order valence-electron chi connectivity index (χ3n) is 9.06. The molecule has 3 amide bonds. The second kappa shape index (κ2) is 17.2. The molecule has 2 unspecified atom stereocenters. The highest BCUT2D eigenvalue weighted by molar-refractivity contribution is 7.91. The van der Waals surface area contributed by atoms with E-state index in [4.69, 9.17) is 4.74 Å². The zero-order valence-corrected chi connectivity index (χ0v) is 33.3. The van der Waals surface area contributed by atoms with Crippen LogP contribution >= 0.6 is 0 Å². The van der Waals surface area contributed by atoms with Crippen LogP contribution in [0.15, 0.2) is 107 Å². The molecular formula is C41H48N4O8S2. The number of sulfone groups is 2. The molecule has 292 valence electrons. The quantitative estimate of drug-likeness (QED) is 0.180. The van der Waals surface area contributed by atoms with Crippen molar-refractivity contribution in [1.82, 2.24) is 10.2 Å².